The first-order chi connectivity index (χ1) is 12.0. The first-order valence-corrected chi connectivity index (χ1v) is 9.46. The molecule has 1 aromatic rings. The van der Waals surface area contributed by atoms with Crippen LogP contribution in [0.1, 0.15) is 38.7 Å². The number of halogens is 2. The van der Waals surface area contributed by atoms with Crippen LogP contribution in [-0.2, 0) is 4.79 Å². The van der Waals surface area contributed by atoms with E-state index in [1.54, 1.807) is 0 Å². The van der Waals surface area contributed by atoms with Crippen LogP contribution in [0.5, 0.6) is 0 Å². The van der Waals surface area contributed by atoms with E-state index >= 15 is 0 Å². The van der Waals surface area contributed by atoms with Gasteiger partial charge in [-0.2, -0.15) is 0 Å². The summed E-state index contributed by atoms with van der Waals surface area (Å²) < 4.78 is 0. The Morgan fingerprint density at radius 1 is 1.42 bits per heavy atom. The molecule has 0 aromatic heterocycles. The molecule has 1 fully saturated rings. The quantitative estimate of drug-likeness (QED) is 0.366. The fourth-order valence-electron chi connectivity index (χ4n) is 3.01. The lowest BCUT2D eigenvalue weighted by atomic mass is 10.0. The number of nitrogens with zero attached hydrogens (tertiary/aromatic N) is 2. The molecular formula is C19H30ClIN4O. The number of likely N-dealkylation sites (tertiary alicyclic amines) is 1. The molecule has 0 radical (unpaired) electrons. The van der Waals surface area contributed by atoms with Gasteiger partial charge in [-0.1, -0.05) is 24.6 Å². The number of anilines is 1. The van der Waals surface area contributed by atoms with Gasteiger partial charge in [0.15, 0.2) is 5.96 Å². The van der Waals surface area contributed by atoms with Crippen molar-refractivity contribution in [1.82, 2.24) is 10.2 Å². The molecule has 1 heterocycles. The maximum absolute atomic E-state index is 12.1. The van der Waals surface area contributed by atoms with Crippen molar-refractivity contribution in [3.05, 3.63) is 28.8 Å². The number of benzene rings is 1. The van der Waals surface area contributed by atoms with Gasteiger partial charge in [0.1, 0.15) is 0 Å². The molecule has 146 valence electrons. The van der Waals surface area contributed by atoms with Gasteiger partial charge in [0.25, 0.3) is 0 Å². The third-order valence-electron chi connectivity index (χ3n) is 4.29. The first kappa shape index (κ1) is 23.0. The number of piperidine rings is 1. The Labute approximate surface area is 179 Å². The maximum Gasteiger partial charge on any atom is 0.226 e. The minimum atomic E-state index is -0.0719. The molecule has 26 heavy (non-hydrogen) atoms. The predicted octanol–water partition coefficient (Wildman–Crippen LogP) is 4.29. The zero-order valence-corrected chi connectivity index (χ0v) is 18.9. The van der Waals surface area contributed by atoms with Crippen LogP contribution in [0.2, 0.25) is 5.02 Å². The van der Waals surface area contributed by atoms with Crippen LogP contribution in [0.4, 0.5) is 5.69 Å². The first-order valence-electron chi connectivity index (χ1n) is 9.09. The number of carbonyl (C=O) groups is 1. The topological polar surface area (TPSA) is 56.7 Å². The summed E-state index contributed by atoms with van der Waals surface area (Å²) in [5, 5.41) is 6.75. The third kappa shape index (κ3) is 7.31. The van der Waals surface area contributed by atoms with E-state index in [2.05, 4.69) is 34.4 Å². The molecule has 1 aliphatic heterocycles. The summed E-state index contributed by atoms with van der Waals surface area (Å²) in [6.45, 7) is 9.65. The summed E-state index contributed by atoms with van der Waals surface area (Å²) in [5.74, 6) is 1.53. The summed E-state index contributed by atoms with van der Waals surface area (Å²) in [6.07, 6.45) is 2.80. The lowest BCUT2D eigenvalue weighted by Crippen LogP contribution is -2.46. The van der Waals surface area contributed by atoms with Gasteiger partial charge in [0, 0.05) is 26.1 Å². The minimum Gasteiger partial charge on any atom is -0.357 e. The number of hydrogen-bond acceptors (Lipinski definition) is 2. The fraction of sp³-hybridized carbons (Fsp3) is 0.579. The van der Waals surface area contributed by atoms with Crippen LogP contribution in [0.3, 0.4) is 0 Å². The molecule has 1 unspecified atom stereocenters. The number of amides is 1. The highest BCUT2D eigenvalue weighted by Crippen LogP contribution is 2.22. The monoisotopic (exact) mass is 492 g/mol. The molecule has 1 aromatic carbocycles. The van der Waals surface area contributed by atoms with E-state index in [0.29, 0.717) is 29.6 Å². The predicted molar refractivity (Wildman–Crippen MR) is 121 cm³/mol. The van der Waals surface area contributed by atoms with Crippen molar-refractivity contribution in [3.8, 4) is 0 Å². The number of aliphatic imine (C=N–C) groups is 1. The van der Waals surface area contributed by atoms with Crippen LogP contribution >= 0.6 is 35.6 Å². The minimum absolute atomic E-state index is 0. The van der Waals surface area contributed by atoms with Crippen molar-refractivity contribution in [2.75, 3.05) is 31.5 Å². The van der Waals surface area contributed by atoms with Crippen LogP contribution in [0.25, 0.3) is 0 Å². The van der Waals surface area contributed by atoms with Gasteiger partial charge in [0.05, 0.1) is 17.3 Å². The number of aryl methyl sites for hydroxylation is 1. The molecule has 0 saturated carbocycles. The summed E-state index contributed by atoms with van der Waals surface area (Å²) >= 11 is 6.16. The third-order valence-corrected chi connectivity index (χ3v) is 4.60. The van der Waals surface area contributed by atoms with E-state index in [9.17, 15) is 4.79 Å². The average Bonchev–Trinajstić information content (AvgIpc) is 2.56. The average molecular weight is 493 g/mol. The van der Waals surface area contributed by atoms with Gasteiger partial charge in [-0.05, 0) is 50.3 Å². The Morgan fingerprint density at radius 3 is 2.85 bits per heavy atom. The Kier molecular flexibility index (Phi) is 10.3. The molecule has 1 saturated heterocycles. The number of carbonyl (C=O) groups excluding carboxylic acids is 1. The normalized spacial score (nSPS) is 17.5. The highest BCUT2D eigenvalue weighted by molar-refractivity contribution is 14.0. The smallest absolute Gasteiger partial charge is 0.226 e. The van der Waals surface area contributed by atoms with Crippen molar-refractivity contribution >= 4 is 53.1 Å². The van der Waals surface area contributed by atoms with Gasteiger partial charge >= 0.3 is 0 Å². The van der Waals surface area contributed by atoms with E-state index in [4.69, 9.17) is 11.6 Å². The number of nitrogens with one attached hydrogen (secondary N) is 2. The van der Waals surface area contributed by atoms with Gasteiger partial charge in [-0.25, -0.2) is 0 Å². The lowest BCUT2D eigenvalue weighted by molar-refractivity contribution is -0.116. The Balaban J connectivity index is 0.00000338. The van der Waals surface area contributed by atoms with Crippen molar-refractivity contribution in [1.29, 1.82) is 0 Å². The molecule has 2 N–H and O–H groups in total. The number of rotatable bonds is 5. The van der Waals surface area contributed by atoms with E-state index in [1.165, 1.54) is 12.8 Å². The van der Waals surface area contributed by atoms with Crippen LogP contribution in [-0.4, -0.2) is 42.9 Å². The Hall–Kier alpha value is -1.02. The molecule has 2 rings (SSSR count). The molecular weight excluding hydrogens is 463 g/mol. The van der Waals surface area contributed by atoms with Crippen molar-refractivity contribution < 1.29 is 4.79 Å². The second kappa shape index (κ2) is 11.6. The number of guanidine groups is 1. The highest BCUT2D eigenvalue weighted by atomic mass is 127. The van der Waals surface area contributed by atoms with E-state index < -0.39 is 0 Å². The second-order valence-electron chi connectivity index (χ2n) is 6.71. The van der Waals surface area contributed by atoms with Crippen LogP contribution < -0.4 is 10.6 Å². The molecule has 7 heteroatoms. The highest BCUT2D eigenvalue weighted by Gasteiger charge is 2.19. The standard InChI is InChI=1S/C19H29ClN4O.HI/c1-4-21-19(24-11-5-6-15(3)13-24)22-10-9-18(25)23-17-8-7-14(2)12-16(17)20;/h7-8,12,15H,4-6,9-11,13H2,1-3H3,(H,21,22)(H,23,25);1H. The lowest BCUT2D eigenvalue weighted by Gasteiger charge is -2.33. The summed E-state index contributed by atoms with van der Waals surface area (Å²) in [7, 11) is 0. The zero-order valence-electron chi connectivity index (χ0n) is 15.8. The fourth-order valence-corrected chi connectivity index (χ4v) is 3.29. The SMILES string of the molecule is CCNC(=NCCC(=O)Nc1ccc(C)cc1Cl)N1CCCC(C)C1.I. The van der Waals surface area contributed by atoms with Gasteiger partial charge in [-0.3, -0.25) is 9.79 Å². The van der Waals surface area contributed by atoms with E-state index in [0.717, 1.165) is 31.2 Å². The van der Waals surface area contributed by atoms with Gasteiger partial charge < -0.3 is 15.5 Å². The van der Waals surface area contributed by atoms with Crippen molar-refractivity contribution in [2.24, 2.45) is 10.9 Å². The summed E-state index contributed by atoms with van der Waals surface area (Å²) in [6, 6.07) is 5.61. The Bertz CT molecular complexity index is 624. The molecule has 5 nitrogen and oxygen atoms in total. The van der Waals surface area contributed by atoms with E-state index in [-0.39, 0.29) is 29.9 Å². The molecule has 0 bridgehead atoms. The summed E-state index contributed by atoms with van der Waals surface area (Å²) in [4.78, 5) is 19.1. The maximum atomic E-state index is 12.1. The van der Waals surface area contributed by atoms with Gasteiger partial charge in [0.2, 0.25) is 5.91 Å². The van der Waals surface area contributed by atoms with Crippen LogP contribution in [0.15, 0.2) is 23.2 Å². The van der Waals surface area contributed by atoms with Gasteiger partial charge in [-0.15, -0.1) is 24.0 Å². The van der Waals surface area contributed by atoms with Crippen molar-refractivity contribution in [3.63, 3.8) is 0 Å². The molecule has 1 atom stereocenters. The molecule has 1 aliphatic rings. The molecule has 0 spiro atoms. The molecule has 0 aliphatic carbocycles. The van der Waals surface area contributed by atoms with E-state index in [1.807, 2.05) is 25.1 Å². The Morgan fingerprint density at radius 2 is 2.19 bits per heavy atom. The summed E-state index contributed by atoms with van der Waals surface area (Å²) in [5.41, 5.74) is 1.72. The van der Waals surface area contributed by atoms with Crippen molar-refractivity contribution in [2.45, 2.75) is 40.0 Å². The zero-order chi connectivity index (χ0) is 18.2. The molecule has 1 amide bonds. The second-order valence-corrected chi connectivity index (χ2v) is 7.12. The largest absolute Gasteiger partial charge is 0.357 e. The number of hydrogen-bond donors (Lipinski definition) is 2. The van der Waals surface area contributed by atoms with Crippen LogP contribution in [0, 0.1) is 12.8 Å².